The minimum atomic E-state index is 0.691. The van der Waals surface area contributed by atoms with Gasteiger partial charge >= 0.3 is 0 Å². The molecule has 0 radical (unpaired) electrons. The number of hydrogen-bond donors (Lipinski definition) is 1. The minimum absolute atomic E-state index is 0.691. The lowest BCUT2D eigenvalue weighted by molar-refractivity contribution is 0.175. The van der Waals surface area contributed by atoms with Crippen LogP contribution in [0.4, 0.5) is 0 Å². The summed E-state index contributed by atoms with van der Waals surface area (Å²) >= 11 is 0. The molecule has 14 heavy (non-hydrogen) atoms. The molecule has 0 atom stereocenters. The molecule has 0 aliphatic rings. The average molecular weight is 201 g/mol. The van der Waals surface area contributed by atoms with Gasteiger partial charge in [-0.1, -0.05) is 51.9 Å². The van der Waals surface area contributed by atoms with Crippen molar-refractivity contribution in [1.82, 2.24) is 5.32 Å². The third-order valence-corrected chi connectivity index (χ3v) is 2.45. The second-order valence-corrected chi connectivity index (χ2v) is 3.91. The average Bonchev–Trinajstić information content (AvgIpc) is 2.21. The number of methoxy groups -OCH3 is 1. The van der Waals surface area contributed by atoms with Gasteiger partial charge in [-0.15, -0.1) is 0 Å². The lowest BCUT2D eigenvalue weighted by atomic mass is 10.1. The molecule has 86 valence electrons. The first-order chi connectivity index (χ1) is 6.91. The van der Waals surface area contributed by atoms with Crippen molar-refractivity contribution >= 4 is 0 Å². The Hall–Kier alpha value is -0.0800. The largest absolute Gasteiger partial charge is 0.370 e. The fraction of sp³-hybridized carbons (Fsp3) is 1.00. The van der Waals surface area contributed by atoms with E-state index in [9.17, 15) is 0 Å². The van der Waals surface area contributed by atoms with Crippen LogP contribution >= 0.6 is 0 Å². The normalized spacial score (nSPS) is 10.7. The van der Waals surface area contributed by atoms with Gasteiger partial charge in [0.1, 0.15) is 0 Å². The first-order valence-corrected chi connectivity index (χ1v) is 6.11. The highest BCUT2D eigenvalue weighted by Crippen LogP contribution is 2.07. The number of nitrogens with one attached hydrogen (secondary N) is 1. The molecule has 0 aliphatic heterocycles. The van der Waals surface area contributed by atoms with E-state index in [1.165, 1.54) is 51.4 Å². The quantitative estimate of drug-likeness (QED) is 0.409. The van der Waals surface area contributed by atoms with E-state index in [1.807, 2.05) is 0 Å². The van der Waals surface area contributed by atoms with Gasteiger partial charge in [0, 0.05) is 7.11 Å². The van der Waals surface area contributed by atoms with Gasteiger partial charge in [0.05, 0.1) is 6.73 Å². The van der Waals surface area contributed by atoms with E-state index in [0.29, 0.717) is 6.73 Å². The Kier molecular flexibility index (Phi) is 12.8. The molecule has 0 amide bonds. The van der Waals surface area contributed by atoms with Crippen LogP contribution in [0.1, 0.15) is 58.3 Å². The summed E-state index contributed by atoms with van der Waals surface area (Å²) in [5.74, 6) is 0. The topological polar surface area (TPSA) is 21.3 Å². The van der Waals surface area contributed by atoms with Crippen molar-refractivity contribution < 1.29 is 4.74 Å². The molecule has 0 spiro atoms. The molecular weight excluding hydrogens is 174 g/mol. The predicted molar refractivity (Wildman–Crippen MR) is 62.5 cm³/mol. The van der Waals surface area contributed by atoms with Gasteiger partial charge in [-0.3, -0.25) is 5.32 Å². The summed E-state index contributed by atoms with van der Waals surface area (Å²) in [6.45, 7) is 4.06. The van der Waals surface area contributed by atoms with E-state index in [-0.39, 0.29) is 0 Å². The Labute approximate surface area is 89.4 Å². The maximum absolute atomic E-state index is 4.90. The Morgan fingerprint density at radius 3 is 2.00 bits per heavy atom. The number of rotatable bonds is 11. The van der Waals surface area contributed by atoms with Gasteiger partial charge in [-0.25, -0.2) is 0 Å². The zero-order valence-electron chi connectivity index (χ0n) is 9.98. The Bertz CT molecular complexity index is 84.3. The van der Waals surface area contributed by atoms with Crippen molar-refractivity contribution in [3.05, 3.63) is 0 Å². The Balaban J connectivity index is 2.78. The van der Waals surface area contributed by atoms with E-state index < -0.39 is 0 Å². The highest BCUT2D eigenvalue weighted by Gasteiger charge is 1.91. The van der Waals surface area contributed by atoms with Crippen LogP contribution in [0, 0.1) is 0 Å². The number of ether oxygens (including phenoxy) is 1. The van der Waals surface area contributed by atoms with Gasteiger partial charge in [-0.2, -0.15) is 0 Å². The van der Waals surface area contributed by atoms with E-state index in [4.69, 9.17) is 4.74 Å². The molecule has 0 aliphatic carbocycles. The maximum atomic E-state index is 4.90. The van der Waals surface area contributed by atoms with Crippen LogP contribution in [-0.2, 0) is 4.74 Å². The van der Waals surface area contributed by atoms with Crippen LogP contribution in [0.2, 0.25) is 0 Å². The molecule has 0 fully saturated rings. The molecule has 0 heterocycles. The minimum Gasteiger partial charge on any atom is -0.370 e. The summed E-state index contributed by atoms with van der Waals surface area (Å²) in [7, 11) is 1.72. The first kappa shape index (κ1) is 13.9. The molecule has 0 saturated heterocycles. The van der Waals surface area contributed by atoms with Gasteiger partial charge in [-0.05, 0) is 13.0 Å². The standard InChI is InChI=1S/C12H27NO/c1-3-4-5-6-7-8-9-10-11-13-12-14-2/h13H,3-12H2,1-2H3. The highest BCUT2D eigenvalue weighted by molar-refractivity contribution is 4.47. The second kappa shape index (κ2) is 12.9. The van der Waals surface area contributed by atoms with E-state index in [1.54, 1.807) is 7.11 Å². The van der Waals surface area contributed by atoms with Crippen LogP contribution in [0.5, 0.6) is 0 Å². The maximum Gasteiger partial charge on any atom is 0.0961 e. The molecule has 2 nitrogen and oxygen atoms in total. The molecule has 0 bridgehead atoms. The van der Waals surface area contributed by atoms with Crippen molar-refractivity contribution in [2.24, 2.45) is 0 Å². The van der Waals surface area contributed by atoms with Crippen molar-refractivity contribution in [2.75, 3.05) is 20.4 Å². The van der Waals surface area contributed by atoms with E-state index in [0.717, 1.165) is 6.54 Å². The highest BCUT2D eigenvalue weighted by atomic mass is 16.5. The molecular formula is C12H27NO. The van der Waals surface area contributed by atoms with Crippen LogP contribution < -0.4 is 5.32 Å². The van der Waals surface area contributed by atoms with Gasteiger partial charge in [0.25, 0.3) is 0 Å². The van der Waals surface area contributed by atoms with Crippen molar-refractivity contribution in [3.8, 4) is 0 Å². The van der Waals surface area contributed by atoms with Gasteiger partial charge in [0.15, 0.2) is 0 Å². The fourth-order valence-electron chi connectivity index (χ4n) is 1.56. The van der Waals surface area contributed by atoms with Crippen molar-refractivity contribution in [3.63, 3.8) is 0 Å². The summed E-state index contributed by atoms with van der Waals surface area (Å²) in [5, 5.41) is 3.22. The van der Waals surface area contributed by atoms with E-state index >= 15 is 0 Å². The summed E-state index contributed by atoms with van der Waals surface area (Å²) in [4.78, 5) is 0. The van der Waals surface area contributed by atoms with E-state index in [2.05, 4.69) is 12.2 Å². The smallest absolute Gasteiger partial charge is 0.0961 e. The predicted octanol–water partition coefficient (Wildman–Crippen LogP) is 3.32. The lowest BCUT2D eigenvalue weighted by Crippen LogP contribution is -2.17. The van der Waals surface area contributed by atoms with Crippen LogP contribution in [0.15, 0.2) is 0 Å². The summed E-state index contributed by atoms with van der Waals surface area (Å²) in [6, 6.07) is 0. The lowest BCUT2D eigenvalue weighted by Gasteiger charge is -2.03. The molecule has 0 rings (SSSR count). The summed E-state index contributed by atoms with van der Waals surface area (Å²) in [5.41, 5.74) is 0. The number of hydrogen-bond acceptors (Lipinski definition) is 2. The zero-order chi connectivity index (χ0) is 10.5. The van der Waals surface area contributed by atoms with Gasteiger partial charge in [0.2, 0.25) is 0 Å². The molecule has 2 heteroatoms. The zero-order valence-corrected chi connectivity index (χ0v) is 9.98. The molecule has 0 unspecified atom stereocenters. The third-order valence-electron chi connectivity index (χ3n) is 2.45. The fourth-order valence-corrected chi connectivity index (χ4v) is 1.56. The third kappa shape index (κ3) is 11.9. The molecule has 0 saturated carbocycles. The Morgan fingerprint density at radius 2 is 1.43 bits per heavy atom. The van der Waals surface area contributed by atoms with Gasteiger partial charge < -0.3 is 4.74 Å². The Morgan fingerprint density at radius 1 is 0.857 bits per heavy atom. The first-order valence-electron chi connectivity index (χ1n) is 6.11. The molecule has 0 aromatic carbocycles. The second-order valence-electron chi connectivity index (χ2n) is 3.91. The van der Waals surface area contributed by atoms with Crippen LogP contribution in [0.3, 0.4) is 0 Å². The van der Waals surface area contributed by atoms with Crippen LogP contribution in [0.25, 0.3) is 0 Å². The molecule has 0 aromatic rings. The molecule has 1 N–H and O–H groups in total. The monoisotopic (exact) mass is 201 g/mol. The van der Waals surface area contributed by atoms with Crippen LogP contribution in [-0.4, -0.2) is 20.4 Å². The van der Waals surface area contributed by atoms with Crippen molar-refractivity contribution in [2.45, 2.75) is 58.3 Å². The summed E-state index contributed by atoms with van der Waals surface area (Å²) < 4.78 is 4.90. The van der Waals surface area contributed by atoms with Crippen molar-refractivity contribution in [1.29, 1.82) is 0 Å². The number of unbranched alkanes of at least 4 members (excludes halogenated alkanes) is 7. The molecule has 0 aromatic heterocycles. The SMILES string of the molecule is CCCCCCCCCCNCOC. The summed E-state index contributed by atoms with van der Waals surface area (Å²) in [6.07, 6.45) is 11.1.